The first kappa shape index (κ1) is 26.4. The molecule has 0 unspecified atom stereocenters. The van der Waals surface area contributed by atoms with E-state index in [2.05, 4.69) is 4.98 Å². The summed E-state index contributed by atoms with van der Waals surface area (Å²) >= 11 is 0. The van der Waals surface area contributed by atoms with Crippen molar-refractivity contribution >= 4 is 11.8 Å². The number of hydrogen-bond donors (Lipinski definition) is 1. The molecule has 0 spiro atoms. The second-order valence-electron chi connectivity index (χ2n) is 8.58. The highest BCUT2D eigenvalue weighted by molar-refractivity contribution is 5.66. The second-order valence-corrected chi connectivity index (χ2v) is 8.58. The third kappa shape index (κ3) is 6.01. The number of ether oxygens (including phenoxy) is 4. The standard InChI is InChI=1S/C26H27F2N3O6/c1-17(32)36-21-22(35-15-19-10-6-3-7-11-19)26(24(27)28,16-34-14-18-8-4-2-5-9-18)37-23(21)31-13-12-20(29)30-25(31)33/h2-13,21-24H,14-16H2,1H3,(H2,29,30,33)/t21-,22-,23+,26+/m0/s1. The molecular weight excluding hydrogens is 488 g/mol. The smallest absolute Gasteiger partial charge is 0.351 e. The number of esters is 1. The van der Waals surface area contributed by atoms with Crippen LogP contribution in [0.1, 0.15) is 24.3 Å². The fourth-order valence-electron chi connectivity index (χ4n) is 4.19. The number of nitrogens with zero attached hydrogens (tertiary/aromatic N) is 2. The van der Waals surface area contributed by atoms with Crippen molar-refractivity contribution in [1.82, 2.24) is 9.55 Å². The third-order valence-corrected chi connectivity index (χ3v) is 5.91. The van der Waals surface area contributed by atoms with Crippen molar-refractivity contribution in [3.63, 3.8) is 0 Å². The average molecular weight is 516 g/mol. The van der Waals surface area contributed by atoms with E-state index < -0.39 is 48.7 Å². The lowest BCUT2D eigenvalue weighted by molar-refractivity contribution is -0.215. The number of carbonyl (C=O) groups excluding carboxylic acids is 1. The Balaban J connectivity index is 1.71. The molecule has 1 aromatic heterocycles. The summed E-state index contributed by atoms with van der Waals surface area (Å²) in [5.41, 5.74) is 3.81. The van der Waals surface area contributed by atoms with Gasteiger partial charge in [0.05, 0.1) is 19.8 Å². The molecule has 0 bridgehead atoms. The molecule has 2 N–H and O–H groups in total. The van der Waals surface area contributed by atoms with Gasteiger partial charge < -0.3 is 24.7 Å². The summed E-state index contributed by atoms with van der Waals surface area (Å²) in [6, 6.07) is 19.2. The van der Waals surface area contributed by atoms with Crippen molar-refractivity contribution in [3.8, 4) is 0 Å². The molecule has 0 radical (unpaired) electrons. The van der Waals surface area contributed by atoms with Gasteiger partial charge in [0.15, 0.2) is 17.9 Å². The minimum absolute atomic E-state index is 0.0242. The summed E-state index contributed by atoms with van der Waals surface area (Å²) in [5, 5.41) is 0. The van der Waals surface area contributed by atoms with Gasteiger partial charge in [-0.3, -0.25) is 9.36 Å². The number of halogens is 2. The van der Waals surface area contributed by atoms with Gasteiger partial charge >= 0.3 is 11.7 Å². The van der Waals surface area contributed by atoms with Crippen LogP contribution in [0.15, 0.2) is 77.7 Å². The Morgan fingerprint density at radius 3 is 2.27 bits per heavy atom. The zero-order valence-electron chi connectivity index (χ0n) is 20.0. The van der Waals surface area contributed by atoms with Gasteiger partial charge in [0.2, 0.25) is 0 Å². The van der Waals surface area contributed by atoms with Gasteiger partial charge in [0.1, 0.15) is 11.9 Å². The number of nitrogens with two attached hydrogens (primary N) is 1. The Kier molecular flexibility index (Phi) is 8.27. The fraction of sp³-hybridized carbons (Fsp3) is 0.346. The SMILES string of the molecule is CC(=O)O[C@@H]1[C@H](n2ccc(N)nc2=O)O[C@@](COCc2ccccc2)(C(F)F)[C@H]1OCc1ccccc1. The van der Waals surface area contributed by atoms with E-state index in [0.29, 0.717) is 5.56 Å². The van der Waals surface area contributed by atoms with E-state index in [1.165, 1.54) is 12.3 Å². The first-order chi connectivity index (χ1) is 17.8. The van der Waals surface area contributed by atoms with Crippen LogP contribution in [0.4, 0.5) is 14.6 Å². The first-order valence-electron chi connectivity index (χ1n) is 11.6. The fourth-order valence-corrected chi connectivity index (χ4v) is 4.19. The van der Waals surface area contributed by atoms with Crippen LogP contribution in [0.2, 0.25) is 0 Å². The van der Waals surface area contributed by atoms with E-state index in [-0.39, 0.29) is 19.0 Å². The van der Waals surface area contributed by atoms with Crippen molar-refractivity contribution in [2.24, 2.45) is 0 Å². The Bertz CT molecular complexity index is 1240. The second kappa shape index (κ2) is 11.6. The molecule has 0 amide bonds. The maximum Gasteiger partial charge on any atom is 0.351 e. The molecule has 0 saturated carbocycles. The molecule has 11 heteroatoms. The average Bonchev–Trinajstić information content (AvgIpc) is 3.17. The zero-order chi connectivity index (χ0) is 26.4. The summed E-state index contributed by atoms with van der Waals surface area (Å²) in [4.78, 5) is 28.3. The molecule has 1 fully saturated rings. The highest BCUT2D eigenvalue weighted by atomic mass is 19.3. The number of carbonyl (C=O) groups is 1. The van der Waals surface area contributed by atoms with E-state index in [4.69, 9.17) is 24.7 Å². The number of rotatable bonds is 10. The lowest BCUT2D eigenvalue weighted by atomic mass is 9.95. The molecule has 2 heterocycles. The summed E-state index contributed by atoms with van der Waals surface area (Å²) in [7, 11) is 0. The Morgan fingerprint density at radius 2 is 1.70 bits per heavy atom. The third-order valence-electron chi connectivity index (χ3n) is 5.91. The normalized spacial score (nSPS) is 23.3. The van der Waals surface area contributed by atoms with Crippen LogP contribution in [0.3, 0.4) is 0 Å². The van der Waals surface area contributed by atoms with Crippen molar-refractivity contribution in [3.05, 3.63) is 94.5 Å². The lowest BCUT2D eigenvalue weighted by Crippen LogP contribution is -2.54. The number of anilines is 1. The Labute approximate surface area is 211 Å². The number of nitrogen functional groups attached to an aromatic ring is 1. The maximum absolute atomic E-state index is 14.9. The molecule has 37 heavy (non-hydrogen) atoms. The van der Waals surface area contributed by atoms with Gasteiger partial charge in [-0.25, -0.2) is 13.6 Å². The van der Waals surface area contributed by atoms with Crippen LogP contribution in [-0.2, 0) is 37.0 Å². The van der Waals surface area contributed by atoms with Gasteiger partial charge in [-0.2, -0.15) is 4.98 Å². The molecule has 1 aliphatic heterocycles. The molecule has 4 rings (SSSR count). The van der Waals surface area contributed by atoms with Crippen LogP contribution in [0, 0.1) is 0 Å². The van der Waals surface area contributed by atoms with E-state index in [1.54, 1.807) is 54.6 Å². The Hall–Kier alpha value is -3.67. The van der Waals surface area contributed by atoms with Crippen LogP contribution in [0.5, 0.6) is 0 Å². The van der Waals surface area contributed by atoms with E-state index in [9.17, 15) is 18.4 Å². The Morgan fingerprint density at radius 1 is 1.08 bits per heavy atom. The number of hydrogen-bond acceptors (Lipinski definition) is 8. The summed E-state index contributed by atoms with van der Waals surface area (Å²) in [5.74, 6) is -0.829. The van der Waals surface area contributed by atoms with E-state index in [1.807, 2.05) is 6.07 Å². The topological polar surface area (TPSA) is 115 Å². The van der Waals surface area contributed by atoms with Crippen molar-refractivity contribution in [1.29, 1.82) is 0 Å². The van der Waals surface area contributed by atoms with E-state index >= 15 is 0 Å². The molecule has 3 aromatic rings. The van der Waals surface area contributed by atoms with Crippen LogP contribution >= 0.6 is 0 Å². The van der Waals surface area contributed by atoms with Crippen molar-refractivity contribution < 1.29 is 32.5 Å². The molecular formula is C26H27F2N3O6. The largest absolute Gasteiger partial charge is 0.455 e. The predicted molar refractivity (Wildman–Crippen MR) is 128 cm³/mol. The predicted octanol–water partition coefficient (Wildman–Crippen LogP) is 3.09. The van der Waals surface area contributed by atoms with Crippen molar-refractivity contribution in [2.75, 3.05) is 12.3 Å². The summed E-state index contributed by atoms with van der Waals surface area (Å²) < 4.78 is 53.8. The van der Waals surface area contributed by atoms with Crippen LogP contribution < -0.4 is 11.4 Å². The molecule has 1 saturated heterocycles. The first-order valence-corrected chi connectivity index (χ1v) is 11.6. The number of benzene rings is 2. The van der Waals surface area contributed by atoms with Crippen LogP contribution in [0.25, 0.3) is 0 Å². The van der Waals surface area contributed by atoms with Gasteiger partial charge in [-0.15, -0.1) is 0 Å². The minimum Gasteiger partial charge on any atom is -0.455 e. The quantitative estimate of drug-likeness (QED) is 0.410. The molecule has 1 aliphatic rings. The molecule has 9 nitrogen and oxygen atoms in total. The summed E-state index contributed by atoms with van der Waals surface area (Å²) in [6.07, 6.45) is -6.28. The van der Waals surface area contributed by atoms with Crippen molar-refractivity contribution in [2.45, 2.75) is 50.6 Å². The van der Waals surface area contributed by atoms with Gasteiger partial charge in [-0.1, -0.05) is 60.7 Å². The molecule has 2 aromatic carbocycles. The summed E-state index contributed by atoms with van der Waals surface area (Å²) in [6.45, 7) is 0.464. The lowest BCUT2D eigenvalue weighted by Gasteiger charge is -2.33. The molecule has 196 valence electrons. The maximum atomic E-state index is 14.9. The molecule has 4 atom stereocenters. The van der Waals surface area contributed by atoms with Gasteiger partial charge in [-0.05, 0) is 17.2 Å². The van der Waals surface area contributed by atoms with Gasteiger partial charge in [0.25, 0.3) is 6.43 Å². The monoisotopic (exact) mass is 515 g/mol. The highest BCUT2D eigenvalue weighted by Crippen LogP contribution is 2.44. The number of alkyl halides is 2. The van der Waals surface area contributed by atoms with E-state index in [0.717, 1.165) is 17.1 Å². The minimum atomic E-state index is -3.13. The number of aromatic nitrogens is 2. The molecule has 0 aliphatic carbocycles. The zero-order valence-corrected chi connectivity index (χ0v) is 20.0. The van der Waals surface area contributed by atoms with Gasteiger partial charge in [0, 0.05) is 13.1 Å². The van der Waals surface area contributed by atoms with Crippen LogP contribution in [-0.4, -0.2) is 46.4 Å². The highest BCUT2D eigenvalue weighted by Gasteiger charge is 2.63.